The molecule has 94 valence electrons. The number of nitrogens with one attached hydrogen (secondary N) is 1. The highest BCUT2D eigenvalue weighted by molar-refractivity contribution is 5.76. The molecule has 0 aromatic carbocycles. The number of hydrogen-bond acceptors (Lipinski definition) is 2. The van der Waals surface area contributed by atoms with Gasteiger partial charge in [-0.1, -0.05) is 0 Å². The summed E-state index contributed by atoms with van der Waals surface area (Å²) in [6.07, 6.45) is 2.03. The van der Waals surface area contributed by atoms with Crippen molar-refractivity contribution in [2.24, 2.45) is 5.92 Å². The third-order valence-corrected chi connectivity index (χ3v) is 2.76. The van der Waals surface area contributed by atoms with Crippen molar-refractivity contribution in [2.45, 2.75) is 26.2 Å². The Bertz CT molecular complexity index is 343. The Labute approximate surface area is 101 Å². The smallest absolute Gasteiger partial charge is 0.317 e. The summed E-state index contributed by atoms with van der Waals surface area (Å²) in [6.45, 7) is 3.20. The number of urea groups is 1. The second-order valence-corrected chi connectivity index (χ2v) is 4.03. The predicted octanol–water partition coefficient (Wildman–Crippen LogP) is 0.906. The Morgan fingerprint density at radius 3 is 2.94 bits per heavy atom. The van der Waals surface area contributed by atoms with Crippen LogP contribution in [-0.4, -0.2) is 41.6 Å². The highest BCUT2D eigenvalue weighted by atomic mass is 16.4. The average molecular weight is 238 g/mol. The highest BCUT2D eigenvalue weighted by Crippen LogP contribution is 2.16. The quantitative estimate of drug-likeness (QED) is 0.567. The molecule has 0 unspecified atom stereocenters. The van der Waals surface area contributed by atoms with Crippen LogP contribution in [0.3, 0.4) is 0 Å². The Balaban J connectivity index is 2.35. The molecule has 0 aromatic heterocycles. The Morgan fingerprint density at radius 2 is 2.29 bits per heavy atom. The van der Waals surface area contributed by atoms with E-state index in [1.807, 2.05) is 0 Å². The van der Waals surface area contributed by atoms with Crippen molar-refractivity contribution in [2.75, 3.05) is 19.6 Å². The fraction of sp³-hybridized carbons (Fsp3) is 0.667. The molecule has 0 aromatic rings. The molecule has 1 aliphatic heterocycles. The van der Waals surface area contributed by atoms with E-state index in [0.29, 0.717) is 32.5 Å². The maximum absolute atomic E-state index is 11.7. The van der Waals surface area contributed by atoms with Crippen LogP contribution in [0.25, 0.3) is 0 Å². The standard InChI is InChI=1S/C12H18N2O3/c1-2-3-4-7-13-12(17)14-8-5-6-10(9-14)11(15)16/h10H,4-9H2,1H3,(H,13,17)(H,15,16)/t10-/m1/s1. The predicted molar refractivity (Wildman–Crippen MR) is 63.4 cm³/mol. The van der Waals surface area contributed by atoms with Gasteiger partial charge in [-0.3, -0.25) is 4.79 Å². The Morgan fingerprint density at radius 1 is 1.53 bits per heavy atom. The van der Waals surface area contributed by atoms with Crippen molar-refractivity contribution in [1.82, 2.24) is 10.2 Å². The van der Waals surface area contributed by atoms with Crippen molar-refractivity contribution < 1.29 is 14.7 Å². The van der Waals surface area contributed by atoms with Crippen LogP contribution in [0.5, 0.6) is 0 Å². The first-order valence-electron chi connectivity index (χ1n) is 5.80. The fourth-order valence-corrected chi connectivity index (χ4v) is 1.83. The summed E-state index contributed by atoms with van der Waals surface area (Å²) in [7, 11) is 0. The van der Waals surface area contributed by atoms with E-state index in [2.05, 4.69) is 17.2 Å². The van der Waals surface area contributed by atoms with E-state index in [1.165, 1.54) is 0 Å². The van der Waals surface area contributed by atoms with Gasteiger partial charge in [0.1, 0.15) is 0 Å². The first kappa shape index (κ1) is 13.4. The van der Waals surface area contributed by atoms with E-state index in [0.717, 1.165) is 6.42 Å². The minimum absolute atomic E-state index is 0.186. The normalized spacial score (nSPS) is 19.1. The zero-order valence-corrected chi connectivity index (χ0v) is 10.0. The minimum Gasteiger partial charge on any atom is -0.481 e. The lowest BCUT2D eigenvalue weighted by Gasteiger charge is -2.30. The number of likely N-dealkylation sites (tertiary alicyclic amines) is 1. The van der Waals surface area contributed by atoms with Crippen LogP contribution in [-0.2, 0) is 4.79 Å². The van der Waals surface area contributed by atoms with E-state index in [4.69, 9.17) is 5.11 Å². The first-order valence-corrected chi connectivity index (χ1v) is 5.80. The largest absolute Gasteiger partial charge is 0.481 e. The third-order valence-electron chi connectivity index (χ3n) is 2.76. The minimum atomic E-state index is -0.820. The molecule has 1 rings (SSSR count). The maximum atomic E-state index is 11.7. The lowest BCUT2D eigenvalue weighted by molar-refractivity contribution is -0.143. The van der Waals surface area contributed by atoms with Gasteiger partial charge in [0, 0.05) is 26.1 Å². The second-order valence-electron chi connectivity index (χ2n) is 4.03. The number of carbonyl (C=O) groups excluding carboxylic acids is 1. The Kier molecular flexibility index (Phi) is 5.34. The summed E-state index contributed by atoms with van der Waals surface area (Å²) in [5, 5.41) is 11.6. The van der Waals surface area contributed by atoms with Gasteiger partial charge in [0.2, 0.25) is 0 Å². The van der Waals surface area contributed by atoms with Crippen LogP contribution in [0.15, 0.2) is 0 Å². The van der Waals surface area contributed by atoms with E-state index in [-0.39, 0.29) is 6.03 Å². The lowest BCUT2D eigenvalue weighted by Crippen LogP contribution is -2.47. The van der Waals surface area contributed by atoms with Gasteiger partial charge in [0.25, 0.3) is 0 Å². The molecule has 1 saturated heterocycles. The number of rotatable bonds is 3. The number of nitrogens with zero attached hydrogens (tertiary/aromatic N) is 1. The van der Waals surface area contributed by atoms with Crippen molar-refractivity contribution >= 4 is 12.0 Å². The first-order chi connectivity index (χ1) is 8.15. The number of aliphatic carboxylic acids is 1. The molecule has 1 atom stereocenters. The molecule has 0 bridgehead atoms. The maximum Gasteiger partial charge on any atom is 0.317 e. The van der Waals surface area contributed by atoms with E-state index in [9.17, 15) is 9.59 Å². The topological polar surface area (TPSA) is 69.6 Å². The van der Waals surface area contributed by atoms with Gasteiger partial charge in [-0.15, -0.1) is 11.8 Å². The summed E-state index contributed by atoms with van der Waals surface area (Å²) in [6, 6.07) is -0.186. The van der Waals surface area contributed by atoms with Gasteiger partial charge in [0.05, 0.1) is 5.92 Å². The molecule has 5 nitrogen and oxygen atoms in total. The molecule has 1 fully saturated rings. The van der Waals surface area contributed by atoms with Crippen LogP contribution >= 0.6 is 0 Å². The SMILES string of the molecule is CC#CCCNC(=O)N1CCC[C@@H](C(=O)O)C1. The second kappa shape index (κ2) is 6.79. The summed E-state index contributed by atoms with van der Waals surface area (Å²) in [4.78, 5) is 24.1. The molecular weight excluding hydrogens is 220 g/mol. The number of carbonyl (C=O) groups is 2. The molecular formula is C12H18N2O3. The highest BCUT2D eigenvalue weighted by Gasteiger charge is 2.27. The molecule has 5 heteroatoms. The van der Waals surface area contributed by atoms with Crippen LogP contribution in [0, 0.1) is 17.8 Å². The van der Waals surface area contributed by atoms with E-state index in [1.54, 1.807) is 11.8 Å². The molecule has 0 aliphatic carbocycles. The lowest BCUT2D eigenvalue weighted by atomic mass is 9.99. The van der Waals surface area contributed by atoms with Gasteiger partial charge in [0.15, 0.2) is 0 Å². The van der Waals surface area contributed by atoms with Crippen LogP contribution in [0.1, 0.15) is 26.2 Å². The number of piperidine rings is 1. The molecule has 2 amide bonds. The summed E-state index contributed by atoms with van der Waals surface area (Å²) in [5.74, 6) is 4.36. The number of carboxylic acids is 1. The van der Waals surface area contributed by atoms with Crippen LogP contribution < -0.4 is 5.32 Å². The average Bonchev–Trinajstić information content (AvgIpc) is 2.34. The van der Waals surface area contributed by atoms with Gasteiger partial charge < -0.3 is 15.3 Å². The van der Waals surface area contributed by atoms with Gasteiger partial charge in [-0.05, 0) is 19.8 Å². The van der Waals surface area contributed by atoms with Crippen molar-refractivity contribution in [3.05, 3.63) is 0 Å². The van der Waals surface area contributed by atoms with Crippen LogP contribution in [0.2, 0.25) is 0 Å². The molecule has 0 spiro atoms. The summed E-state index contributed by atoms with van der Waals surface area (Å²) >= 11 is 0. The molecule has 17 heavy (non-hydrogen) atoms. The summed E-state index contributed by atoms with van der Waals surface area (Å²) in [5.41, 5.74) is 0. The Hall–Kier alpha value is -1.70. The van der Waals surface area contributed by atoms with Crippen molar-refractivity contribution in [1.29, 1.82) is 0 Å². The van der Waals surface area contributed by atoms with E-state index >= 15 is 0 Å². The third kappa shape index (κ3) is 4.35. The number of carboxylic acid groups (broad SMARTS) is 1. The molecule has 1 aliphatic rings. The zero-order chi connectivity index (χ0) is 12.7. The monoisotopic (exact) mass is 238 g/mol. The number of hydrogen-bond donors (Lipinski definition) is 2. The zero-order valence-electron chi connectivity index (χ0n) is 10.0. The molecule has 1 heterocycles. The fourth-order valence-electron chi connectivity index (χ4n) is 1.83. The molecule has 0 radical (unpaired) electrons. The van der Waals surface area contributed by atoms with Gasteiger partial charge in [-0.2, -0.15) is 0 Å². The van der Waals surface area contributed by atoms with Crippen molar-refractivity contribution in [3.8, 4) is 11.8 Å². The number of amides is 2. The van der Waals surface area contributed by atoms with E-state index < -0.39 is 11.9 Å². The van der Waals surface area contributed by atoms with Gasteiger partial charge >= 0.3 is 12.0 Å². The van der Waals surface area contributed by atoms with Crippen LogP contribution in [0.4, 0.5) is 4.79 Å². The molecule has 2 N–H and O–H groups in total. The van der Waals surface area contributed by atoms with Gasteiger partial charge in [-0.25, -0.2) is 4.79 Å². The molecule has 0 saturated carbocycles. The van der Waals surface area contributed by atoms with Crippen molar-refractivity contribution in [3.63, 3.8) is 0 Å². The summed E-state index contributed by atoms with van der Waals surface area (Å²) < 4.78 is 0.